The summed E-state index contributed by atoms with van der Waals surface area (Å²) >= 11 is 0. The molecule has 20 heavy (non-hydrogen) atoms. The standard InChI is InChI=1S/C15H25NO4/c1-4-16-11-12-9-13(18-2)15(14(10-12)19-3)20-8-6-5-7-17/h9-10,16-17H,4-8,11H2,1-3H3. The lowest BCUT2D eigenvalue weighted by molar-refractivity contribution is 0.240. The summed E-state index contributed by atoms with van der Waals surface area (Å²) in [5, 5.41) is 12.0. The minimum absolute atomic E-state index is 0.180. The Kier molecular flexibility index (Phi) is 7.84. The third-order valence-corrected chi connectivity index (χ3v) is 2.90. The van der Waals surface area contributed by atoms with Gasteiger partial charge < -0.3 is 24.6 Å². The molecule has 0 aliphatic rings. The van der Waals surface area contributed by atoms with E-state index < -0.39 is 0 Å². The fourth-order valence-electron chi connectivity index (χ4n) is 1.84. The second-order valence-corrected chi connectivity index (χ2v) is 4.39. The topological polar surface area (TPSA) is 60.0 Å². The zero-order valence-corrected chi connectivity index (χ0v) is 12.6. The molecule has 0 saturated carbocycles. The van der Waals surface area contributed by atoms with E-state index in [0.717, 1.165) is 31.5 Å². The Labute approximate surface area is 120 Å². The number of benzene rings is 1. The first kappa shape index (κ1) is 16.6. The molecule has 114 valence electrons. The molecular formula is C15H25NO4. The van der Waals surface area contributed by atoms with E-state index in [1.54, 1.807) is 14.2 Å². The van der Waals surface area contributed by atoms with E-state index in [2.05, 4.69) is 12.2 Å². The number of unbranched alkanes of at least 4 members (excludes halogenated alkanes) is 1. The number of nitrogens with one attached hydrogen (secondary N) is 1. The maximum Gasteiger partial charge on any atom is 0.203 e. The van der Waals surface area contributed by atoms with Crippen LogP contribution in [-0.2, 0) is 6.54 Å². The van der Waals surface area contributed by atoms with Gasteiger partial charge in [0.15, 0.2) is 11.5 Å². The lowest BCUT2D eigenvalue weighted by Crippen LogP contribution is -2.12. The minimum Gasteiger partial charge on any atom is -0.493 e. The molecule has 5 heteroatoms. The molecule has 5 nitrogen and oxygen atoms in total. The highest BCUT2D eigenvalue weighted by atomic mass is 16.5. The van der Waals surface area contributed by atoms with Crippen molar-refractivity contribution in [2.24, 2.45) is 0 Å². The normalized spacial score (nSPS) is 10.4. The second-order valence-electron chi connectivity index (χ2n) is 4.39. The first-order valence-electron chi connectivity index (χ1n) is 6.96. The van der Waals surface area contributed by atoms with E-state index in [-0.39, 0.29) is 6.61 Å². The van der Waals surface area contributed by atoms with Crippen LogP contribution < -0.4 is 19.5 Å². The second kappa shape index (κ2) is 9.44. The van der Waals surface area contributed by atoms with Gasteiger partial charge >= 0.3 is 0 Å². The predicted octanol–water partition coefficient (Wildman–Crippen LogP) is 1.96. The van der Waals surface area contributed by atoms with E-state index in [0.29, 0.717) is 23.9 Å². The van der Waals surface area contributed by atoms with Crippen LogP contribution in [0.25, 0.3) is 0 Å². The van der Waals surface area contributed by atoms with Crippen molar-refractivity contribution in [3.63, 3.8) is 0 Å². The molecule has 0 bridgehead atoms. The van der Waals surface area contributed by atoms with Crippen LogP contribution >= 0.6 is 0 Å². The van der Waals surface area contributed by atoms with Crippen LogP contribution in [0.1, 0.15) is 25.3 Å². The molecule has 0 aliphatic heterocycles. The summed E-state index contributed by atoms with van der Waals surface area (Å²) in [5.41, 5.74) is 1.09. The van der Waals surface area contributed by atoms with Gasteiger partial charge in [-0.3, -0.25) is 0 Å². The van der Waals surface area contributed by atoms with Crippen molar-refractivity contribution in [1.29, 1.82) is 0 Å². The Hall–Kier alpha value is -1.46. The molecule has 0 aromatic heterocycles. The van der Waals surface area contributed by atoms with E-state index in [1.165, 1.54) is 0 Å². The number of hydrogen-bond acceptors (Lipinski definition) is 5. The first-order valence-corrected chi connectivity index (χ1v) is 6.96. The van der Waals surface area contributed by atoms with Crippen molar-refractivity contribution in [2.45, 2.75) is 26.3 Å². The van der Waals surface area contributed by atoms with Gasteiger partial charge in [-0.25, -0.2) is 0 Å². The average molecular weight is 283 g/mol. The van der Waals surface area contributed by atoms with E-state index >= 15 is 0 Å². The molecule has 0 radical (unpaired) electrons. The van der Waals surface area contributed by atoms with Crippen molar-refractivity contribution >= 4 is 0 Å². The molecule has 0 heterocycles. The van der Waals surface area contributed by atoms with Crippen molar-refractivity contribution in [2.75, 3.05) is 34.0 Å². The number of aliphatic hydroxyl groups is 1. The van der Waals surface area contributed by atoms with Crippen LogP contribution in [0.3, 0.4) is 0 Å². The van der Waals surface area contributed by atoms with E-state index in [4.69, 9.17) is 19.3 Å². The van der Waals surface area contributed by atoms with Gasteiger partial charge in [-0.05, 0) is 37.1 Å². The smallest absolute Gasteiger partial charge is 0.203 e. The molecule has 0 fully saturated rings. The molecule has 1 aromatic rings. The number of aliphatic hydroxyl groups excluding tert-OH is 1. The largest absolute Gasteiger partial charge is 0.493 e. The summed E-state index contributed by atoms with van der Waals surface area (Å²) in [7, 11) is 3.23. The molecule has 0 spiro atoms. The Bertz CT molecular complexity index is 370. The van der Waals surface area contributed by atoms with Gasteiger partial charge in [0.2, 0.25) is 5.75 Å². The van der Waals surface area contributed by atoms with Crippen LogP contribution in [0.2, 0.25) is 0 Å². The number of methoxy groups -OCH3 is 2. The Morgan fingerprint density at radius 2 is 1.75 bits per heavy atom. The van der Waals surface area contributed by atoms with Crippen LogP contribution in [0, 0.1) is 0 Å². The summed E-state index contributed by atoms with van der Waals surface area (Å²) in [6.45, 7) is 4.43. The zero-order chi connectivity index (χ0) is 14.8. The van der Waals surface area contributed by atoms with Crippen LogP contribution in [0.5, 0.6) is 17.2 Å². The molecule has 1 rings (SSSR count). The highest BCUT2D eigenvalue weighted by Gasteiger charge is 2.14. The predicted molar refractivity (Wildman–Crippen MR) is 78.7 cm³/mol. The monoisotopic (exact) mass is 283 g/mol. The van der Waals surface area contributed by atoms with Gasteiger partial charge in [0.05, 0.1) is 20.8 Å². The maximum absolute atomic E-state index is 8.77. The quantitative estimate of drug-likeness (QED) is 0.643. The number of rotatable bonds is 10. The summed E-state index contributed by atoms with van der Waals surface area (Å²) < 4.78 is 16.5. The molecule has 1 aromatic carbocycles. The molecular weight excluding hydrogens is 258 g/mol. The summed E-state index contributed by atoms with van der Waals surface area (Å²) in [5.74, 6) is 1.95. The minimum atomic E-state index is 0.180. The average Bonchev–Trinajstić information content (AvgIpc) is 2.49. The fraction of sp³-hybridized carbons (Fsp3) is 0.600. The van der Waals surface area contributed by atoms with E-state index in [1.807, 2.05) is 12.1 Å². The fourth-order valence-corrected chi connectivity index (χ4v) is 1.84. The Morgan fingerprint density at radius 3 is 2.25 bits per heavy atom. The Balaban J connectivity index is 2.84. The molecule has 0 atom stereocenters. The summed E-state index contributed by atoms with van der Waals surface area (Å²) in [4.78, 5) is 0. The van der Waals surface area contributed by atoms with Crippen LogP contribution in [0.15, 0.2) is 12.1 Å². The Morgan fingerprint density at radius 1 is 1.10 bits per heavy atom. The summed E-state index contributed by atoms with van der Waals surface area (Å²) in [6, 6.07) is 3.90. The van der Waals surface area contributed by atoms with Gasteiger partial charge in [0, 0.05) is 13.2 Å². The zero-order valence-electron chi connectivity index (χ0n) is 12.6. The molecule has 2 N–H and O–H groups in total. The van der Waals surface area contributed by atoms with Gasteiger partial charge in [-0.2, -0.15) is 0 Å². The third-order valence-electron chi connectivity index (χ3n) is 2.90. The number of hydrogen-bond donors (Lipinski definition) is 2. The van der Waals surface area contributed by atoms with Crippen LogP contribution in [0.4, 0.5) is 0 Å². The summed E-state index contributed by atoms with van der Waals surface area (Å²) in [6.07, 6.45) is 1.52. The van der Waals surface area contributed by atoms with Crippen LogP contribution in [-0.4, -0.2) is 39.1 Å². The molecule has 0 saturated heterocycles. The molecule has 0 aliphatic carbocycles. The van der Waals surface area contributed by atoms with Crippen molar-refractivity contribution in [3.8, 4) is 17.2 Å². The lowest BCUT2D eigenvalue weighted by atomic mass is 10.1. The van der Waals surface area contributed by atoms with Crippen molar-refractivity contribution < 1.29 is 19.3 Å². The highest BCUT2D eigenvalue weighted by molar-refractivity contribution is 5.53. The lowest BCUT2D eigenvalue weighted by Gasteiger charge is -2.16. The highest BCUT2D eigenvalue weighted by Crippen LogP contribution is 2.38. The SMILES string of the molecule is CCNCc1cc(OC)c(OCCCCO)c(OC)c1. The third kappa shape index (κ3) is 4.90. The van der Waals surface area contributed by atoms with Crippen molar-refractivity contribution in [3.05, 3.63) is 17.7 Å². The van der Waals surface area contributed by atoms with E-state index in [9.17, 15) is 0 Å². The maximum atomic E-state index is 8.77. The first-order chi connectivity index (χ1) is 9.76. The van der Waals surface area contributed by atoms with Crippen molar-refractivity contribution in [1.82, 2.24) is 5.32 Å². The van der Waals surface area contributed by atoms with Gasteiger partial charge in [-0.15, -0.1) is 0 Å². The molecule has 0 amide bonds. The number of ether oxygens (including phenoxy) is 3. The van der Waals surface area contributed by atoms with Gasteiger partial charge in [-0.1, -0.05) is 6.92 Å². The van der Waals surface area contributed by atoms with Gasteiger partial charge in [0.1, 0.15) is 0 Å². The molecule has 0 unspecified atom stereocenters. The van der Waals surface area contributed by atoms with Gasteiger partial charge in [0.25, 0.3) is 0 Å².